The highest BCUT2D eigenvalue weighted by molar-refractivity contribution is 6.00. The first-order valence-corrected chi connectivity index (χ1v) is 8.50. The van der Waals surface area contributed by atoms with Gasteiger partial charge in [0.05, 0.1) is 6.04 Å². The minimum atomic E-state index is -0.217. The predicted octanol–water partition coefficient (Wildman–Crippen LogP) is 1.81. The molecule has 1 unspecified atom stereocenters. The fourth-order valence-electron chi connectivity index (χ4n) is 3.61. The molecule has 0 aromatic heterocycles. The Morgan fingerprint density at radius 2 is 2.04 bits per heavy atom. The van der Waals surface area contributed by atoms with Crippen molar-refractivity contribution in [2.45, 2.75) is 38.6 Å². The van der Waals surface area contributed by atoms with Crippen molar-refractivity contribution in [2.75, 3.05) is 25.0 Å². The Labute approximate surface area is 137 Å². The summed E-state index contributed by atoms with van der Waals surface area (Å²) in [5.41, 5.74) is 8.56. The van der Waals surface area contributed by atoms with Crippen molar-refractivity contribution in [1.82, 2.24) is 4.90 Å². The quantitative estimate of drug-likeness (QED) is 0.831. The summed E-state index contributed by atoms with van der Waals surface area (Å²) >= 11 is 0. The Hall–Kier alpha value is -1.88. The van der Waals surface area contributed by atoms with Gasteiger partial charge in [-0.25, -0.2) is 0 Å². The summed E-state index contributed by atoms with van der Waals surface area (Å²) < 4.78 is 0. The number of benzene rings is 1. The van der Waals surface area contributed by atoms with Crippen LogP contribution in [-0.4, -0.2) is 42.3 Å². The summed E-state index contributed by atoms with van der Waals surface area (Å²) in [6, 6.07) is 5.83. The number of likely N-dealkylation sites (tertiary alicyclic amines) is 1. The van der Waals surface area contributed by atoms with E-state index in [-0.39, 0.29) is 23.7 Å². The molecule has 0 saturated carbocycles. The number of nitrogens with one attached hydrogen (secondary N) is 1. The number of piperidine rings is 1. The van der Waals surface area contributed by atoms with Crippen LogP contribution in [0.3, 0.4) is 0 Å². The highest BCUT2D eigenvalue weighted by Gasteiger charge is 2.29. The number of Topliss-reactive ketones (excluding diaryl/α,β-unsaturated/α-hetero) is 1. The Balaban J connectivity index is 1.67. The number of anilines is 1. The van der Waals surface area contributed by atoms with Crippen LogP contribution in [0, 0.1) is 5.92 Å². The third-order valence-corrected chi connectivity index (χ3v) is 5.19. The van der Waals surface area contributed by atoms with E-state index in [0.717, 1.165) is 56.6 Å². The first kappa shape index (κ1) is 16.0. The maximum absolute atomic E-state index is 12.8. The highest BCUT2D eigenvalue weighted by atomic mass is 16.1. The molecule has 0 bridgehead atoms. The predicted molar refractivity (Wildman–Crippen MR) is 90.5 cm³/mol. The second kappa shape index (κ2) is 6.71. The van der Waals surface area contributed by atoms with Gasteiger partial charge in [0.15, 0.2) is 5.78 Å². The standard InChI is InChI=1S/C18H25N3O2/c1-12(21-9-6-13(7-10-21)18(19)23)17(22)15-4-5-16-14(11-15)3-2-8-20-16/h4-5,11-13,20H,2-3,6-10H2,1H3,(H2,19,23). The van der Waals surface area contributed by atoms with Gasteiger partial charge in [-0.05, 0) is 69.5 Å². The smallest absolute Gasteiger partial charge is 0.220 e. The van der Waals surface area contributed by atoms with Crippen LogP contribution in [0.4, 0.5) is 5.69 Å². The van der Waals surface area contributed by atoms with Crippen LogP contribution in [0.5, 0.6) is 0 Å². The van der Waals surface area contributed by atoms with Gasteiger partial charge in [-0.15, -0.1) is 0 Å². The number of primary amides is 1. The van der Waals surface area contributed by atoms with Crippen molar-refractivity contribution in [3.63, 3.8) is 0 Å². The molecule has 124 valence electrons. The van der Waals surface area contributed by atoms with Crippen molar-refractivity contribution < 1.29 is 9.59 Å². The van der Waals surface area contributed by atoms with Crippen molar-refractivity contribution >= 4 is 17.4 Å². The molecule has 0 spiro atoms. The lowest BCUT2D eigenvalue weighted by Crippen LogP contribution is -2.46. The molecule has 3 rings (SSSR count). The molecule has 2 aliphatic heterocycles. The van der Waals surface area contributed by atoms with Crippen LogP contribution in [-0.2, 0) is 11.2 Å². The molecule has 23 heavy (non-hydrogen) atoms. The molecule has 1 aromatic carbocycles. The summed E-state index contributed by atoms with van der Waals surface area (Å²) in [6.07, 6.45) is 3.64. The fourth-order valence-corrected chi connectivity index (χ4v) is 3.61. The molecule has 0 aliphatic carbocycles. The minimum absolute atomic E-state index is 0.0385. The number of nitrogens with zero attached hydrogens (tertiary/aromatic N) is 1. The maximum Gasteiger partial charge on any atom is 0.220 e. The fraction of sp³-hybridized carbons (Fsp3) is 0.556. The Morgan fingerprint density at radius 1 is 1.30 bits per heavy atom. The molecule has 1 fully saturated rings. The van der Waals surface area contributed by atoms with Crippen LogP contribution >= 0.6 is 0 Å². The van der Waals surface area contributed by atoms with Crippen molar-refractivity contribution in [3.05, 3.63) is 29.3 Å². The monoisotopic (exact) mass is 315 g/mol. The molecule has 1 amide bonds. The molecule has 5 nitrogen and oxygen atoms in total. The van der Waals surface area contributed by atoms with Gasteiger partial charge in [0.2, 0.25) is 5.91 Å². The van der Waals surface area contributed by atoms with E-state index >= 15 is 0 Å². The number of nitrogens with two attached hydrogens (primary N) is 1. The van der Waals surface area contributed by atoms with Gasteiger partial charge >= 0.3 is 0 Å². The highest BCUT2D eigenvalue weighted by Crippen LogP contribution is 2.25. The first-order valence-electron chi connectivity index (χ1n) is 8.50. The SMILES string of the molecule is CC(C(=O)c1ccc2c(c1)CCCN2)N1CCC(C(N)=O)CC1. The summed E-state index contributed by atoms with van der Waals surface area (Å²) in [5.74, 6) is -0.0925. The van der Waals surface area contributed by atoms with E-state index in [1.165, 1.54) is 5.56 Å². The van der Waals surface area contributed by atoms with Gasteiger partial charge < -0.3 is 11.1 Å². The third kappa shape index (κ3) is 3.39. The van der Waals surface area contributed by atoms with Gasteiger partial charge in [0.25, 0.3) is 0 Å². The normalized spacial score (nSPS) is 20.4. The molecule has 1 aromatic rings. The largest absolute Gasteiger partial charge is 0.385 e. The second-order valence-corrected chi connectivity index (χ2v) is 6.66. The van der Waals surface area contributed by atoms with Crippen molar-refractivity contribution in [3.8, 4) is 0 Å². The molecule has 1 saturated heterocycles. The number of hydrogen-bond acceptors (Lipinski definition) is 4. The van der Waals surface area contributed by atoms with Crippen LogP contribution < -0.4 is 11.1 Å². The van der Waals surface area contributed by atoms with Crippen LogP contribution in [0.2, 0.25) is 0 Å². The first-order chi connectivity index (χ1) is 11.1. The number of ketones is 1. The van der Waals surface area contributed by atoms with Gasteiger partial charge in [-0.3, -0.25) is 14.5 Å². The summed E-state index contributed by atoms with van der Waals surface area (Å²) in [5, 5.41) is 3.37. The minimum Gasteiger partial charge on any atom is -0.385 e. The summed E-state index contributed by atoms with van der Waals surface area (Å²) in [4.78, 5) is 26.2. The van der Waals surface area contributed by atoms with E-state index in [0.29, 0.717) is 0 Å². The lowest BCUT2D eigenvalue weighted by molar-refractivity contribution is -0.123. The van der Waals surface area contributed by atoms with Gasteiger partial charge in [0, 0.05) is 23.7 Å². The molecule has 5 heteroatoms. The second-order valence-electron chi connectivity index (χ2n) is 6.66. The number of amides is 1. The average Bonchev–Trinajstić information content (AvgIpc) is 2.60. The topological polar surface area (TPSA) is 75.4 Å². The van der Waals surface area contributed by atoms with Gasteiger partial charge in [-0.2, -0.15) is 0 Å². The lowest BCUT2D eigenvalue weighted by atomic mass is 9.93. The molecular weight excluding hydrogens is 290 g/mol. The number of aryl methyl sites for hydroxylation is 1. The number of fused-ring (bicyclic) bond motifs is 1. The molecule has 2 aliphatic rings. The molecule has 2 heterocycles. The van der Waals surface area contributed by atoms with Crippen molar-refractivity contribution in [2.24, 2.45) is 11.7 Å². The van der Waals surface area contributed by atoms with E-state index < -0.39 is 0 Å². The number of rotatable bonds is 4. The van der Waals surface area contributed by atoms with E-state index in [1.54, 1.807) is 0 Å². The van der Waals surface area contributed by atoms with Crippen molar-refractivity contribution in [1.29, 1.82) is 0 Å². The average molecular weight is 315 g/mol. The lowest BCUT2D eigenvalue weighted by Gasteiger charge is -2.34. The van der Waals surface area contributed by atoms with Crippen LogP contribution in [0.15, 0.2) is 18.2 Å². The third-order valence-electron chi connectivity index (χ3n) is 5.19. The molecular formula is C18H25N3O2. The number of carbonyl (C=O) groups is 2. The maximum atomic E-state index is 12.8. The van der Waals surface area contributed by atoms with E-state index in [1.807, 2.05) is 25.1 Å². The van der Waals surface area contributed by atoms with Crippen LogP contribution in [0.1, 0.15) is 42.1 Å². The zero-order valence-electron chi connectivity index (χ0n) is 13.7. The molecule has 3 N–H and O–H groups in total. The molecule has 1 atom stereocenters. The Morgan fingerprint density at radius 3 is 2.74 bits per heavy atom. The van der Waals surface area contributed by atoms with E-state index in [2.05, 4.69) is 10.2 Å². The Bertz CT molecular complexity index is 606. The van der Waals surface area contributed by atoms with E-state index in [4.69, 9.17) is 5.73 Å². The number of hydrogen-bond donors (Lipinski definition) is 2. The number of carbonyl (C=O) groups excluding carboxylic acids is 2. The Kier molecular flexibility index (Phi) is 4.66. The van der Waals surface area contributed by atoms with Crippen LogP contribution in [0.25, 0.3) is 0 Å². The van der Waals surface area contributed by atoms with Gasteiger partial charge in [-0.1, -0.05) is 0 Å². The van der Waals surface area contributed by atoms with E-state index in [9.17, 15) is 9.59 Å². The molecule has 0 radical (unpaired) electrons. The zero-order valence-corrected chi connectivity index (χ0v) is 13.7. The van der Waals surface area contributed by atoms with Gasteiger partial charge in [0.1, 0.15) is 0 Å². The zero-order chi connectivity index (χ0) is 16.4. The summed E-state index contributed by atoms with van der Waals surface area (Å²) in [6.45, 7) is 4.48. The summed E-state index contributed by atoms with van der Waals surface area (Å²) in [7, 11) is 0.